The summed E-state index contributed by atoms with van der Waals surface area (Å²) in [5.74, 6) is 0.0375. The molecule has 182 valence electrons. The van der Waals surface area contributed by atoms with E-state index in [2.05, 4.69) is 10.0 Å². The number of amides is 1. The van der Waals surface area contributed by atoms with Crippen LogP contribution in [0.15, 0.2) is 94.4 Å². The van der Waals surface area contributed by atoms with E-state index in [0.717, 1.165) is 21.7 Å². The molecule has 1 aromatic heterocycles. The monoisotopic (exact) mass is 520 g/mol. The van der Waals surface area contributed by atoms with E-state index in [1.807, 2.05) is 36.4 Å². The van der Waals surface area contributed by atoms with Gasteiger partial charge < -0.3 is 14.5 Å². The van der Waals surface area contributed by atoms with E-state index in [1.54, 1.807) is 36.6 Å². The van der Waals surface area contributed by atoms with E-state index in [0.29, 0.717) is 17.0 Å². The van der Waals surface area contributed by atoms with E-state index in [-0.39, 0.29) is 27.9 Å². The van der Waals surface area contributed by atoms with Crippen LogP contribution in [0.1, 0.15) is 5.56 Å². The molecule has 1 heterocycles. The summed E-state index contributed by atoms with van der Waals surface area (Å²) in [7, 11) is -2.62. The molecule has 5 rings (SSSR count). The number of fused-ring (bicyclic) bond motifs is 3. The van der Waals surface area contributed by atoms with Crippen molar-refractivity contribution in [3.8, 4) is 5.75 Å². The molecule has 2 N–H and O–H groups in total. The van der Waals surface area contributed by atoms with Crippen molar-refractivity contribution < 1.29 is 22.4 Å². The highest BCUT2D eigenvalue weighted by Crippen LogP contribution is 2.32. The first-order chi connectivity index (χ1) is 17.4. The lowest BCUT2D eigenvalue weighted by atomic mass is 10.0. The van der Waals surface area contributed by atoms with Crippen LogP contribution in [0.4, 0.5) is 11.4 Å². The number of halogens is 1. The van der Waals surface area contributed by atoms with Gasteiger partial charge in [-0.1, -0.05) is 54.1 Å². The predicted octanol–water partition coefficient (Wildman–Crippen LogP) is 6.23. The minimum absolute atomic E-state index is 0.0164. The second kappa shape index (κ2) is 9.56. The first-order valence-electron chi connectivity index (χ1n) is 11.0. The summed E-state index contributed by atoms with van der Waals surface area (Å²) < 4.78 is 39.5. The first-order valence-corrected chi connectivity index (χ1v) is 12.8. The first kappa shape index (κ1) is 23.7. The van der Waals surface area contributed by atoms with Crippen LogP contribution in [0.5, 0.6) is 5.75 Å². The molecule has 4 aromatic carbocycles. The number of para-hydroxylation sites is 2. The fourth-order valence-electron chi connectivity index (χ4n) is 4.10. The van der Waals surface area contributed by atoms with Gasteiger partial charge >= 0.3 is 0 Å². The smallest absolute Gasteiger partial charge is 0.263 e. The Labute approximate surface area is 212 Å². The van der Waals surface area contributed by atoms with Crippen LogP contribution in [-0.2, 0) is 21.2 Å². The van der Waals surface area contributed by atoms with Gasteiger partial charge in [-0.3, -0.25) is 9.52 Å². The molecule has 1 amide bonds. The van der Waals surface area contributed by atoms with E-state index in [4.69, 9.17) is 20.8 Å². The zero-order valence-electron chi connectivity index (χ0n) is 19.1. The third-order valence-electron chi connectivity index (χ3n) is 5.75. The number of benzene rings is 4. The minimum atomic E-state index is -4.07. The summed E-state index contributed by atoms with van der Waals surface area (Å²) in [5, 5.41) is 5.70. The number of anilines is 2. The van der Waals surface area contributed by atoms with Crippen molar-refractivity contribution in [2.24, 2.45) is 0 Å². The number of methoxy groups -OCH3 is 1. The highest BCUT2D eigenvalue weighted by atomic mass is 35.5. The number of carbonyl (C=O) groups excluding carboxylic acids is 1. The van der Waals surface area contributed by atoms with Crippen molar-refractivity contribution in [2.75, 3.05) is 17.1 Å². The van der Waals surface area contributed by atoms with Crippen LogP contribution >= 0.6 is 11.6 Å². The Hall–Kier alpha value is -4.01. The van der Waals surface area contributed by atoms with Gasteiger partial charge in [-0.25, -0.2) is 8.42 Å². The summed E-state index contributed by atoms with van der Waals surface area (Å²) in [5.41, 5.74) is 1.99. The molecule has 0 atom stereocenters. The molecule has 9 heteroatoms. The van der Waals surface area contributed by atoms with Gasteiger partial charge in [0.2, 0.25) is 5.91 Å². The molecule has 0 bridgehead atoms. The molecule has 7 nitrogen and oxygen atoms in total. The molecule has 0 radical (unpaired) electrons. The van der Waals surface area contributed by atoms with Gasteiger partial charge in [0.1, 0.15) is 16.2 Å². The minimum Gasteiger partial charge on any atom is -0.495 e. The summed E-state index contributed by atoms with van der Waals surface area (Å²) in [6.07, 6.45) is 1.62. The highest BCUT2D eigenvalue weighted by molar-refractivity contribution is 7.92. The Balaban J connectivity index is 1.39. The third-order valence-corrected chi connectivity index (χ3v) is 7.59. The third kappa shape index (κ3) is 4.60. The summed E-state index contributed by atoms with van der Waals surface area (Å²) >= 11 is 6.22. The molecule has 0 spiro atoms. The molecule has 5 aromatic rings. The number of ether oxygens (including phenoxy) is 1. The normalized spacial score (nSPS) is 11.5. The van der Waals surface area contributed by atoms with Crippen LogP contribution in [-0.4, -0.2) is 21.4 Å². The van der Waals surface area contributed by atoms with Crippen molar-refractivity contribution in [1.82, 2.24) is 0 Å². The number of sulfonamides is 1. The van der Waals surface area contributed by atoms with E-state index in [9.17, 15) is 13.2 Å². The van der Waals surface area contributed by atoms with Gasteiger partial charge in [0.15, 0.2) is 0 Å². The van der Waals surface area contributed by atoms with Crippen molar-refractivity contribution in [3.05, 3.63) is 95.7 Å². The number of carbonyl (C=O) groups is 1. The standard InChI is InChI=1S/C27H21ClN2O5S/c1-34-23-9-5-4-8-22(23)30-36(32,33)25-15-19(11-12-21(25)28)29-26(31)14-18-16-35-24-13-10-17-6-2-3-7-20(17)27(18)24/h2-13,15-16,30H,14H2,1H3,(H,29,31). The molecule has 0 aliphatic rings. The Morgan fingerprint density at radius 1 is 1.00 bits per heavy atom. The lowest BCUT2D eigenvalue weighted by Gasteiger charge is -2.14. The Morgan fingerprint density at radius 2 is 1.78 bits per heavy atom. The zero-order chi connectivity index (χ0) is 25.3. The largest absolute Gasteiger partial charge is 0.495 e. The van der Waals surface area contributed by atoms with Crippen molar-refractivity contribution in [3.63, 3.8) is 0 Å². The molecule has 0 aliphatic heterocycles. The number of furan rings is 1. The van der Waals surface area contributed by atoms with Crippen LogP contribution in [0, 0.1) is 0 Å². The second-order valence-electron chi connectivity index (χ2n) is 8.10. The van der Waals surface area contributed by atoms with Gasteiger partial charge in [0.05, 0.1) is 30.5 Å². The topological polar surface area (TPSA) is 97.6 Å². The van der Waals surface area contributed by atoms with Gasteiger partial charge in [-0.05, 0) is 47.2 Å². The zero-order valence-corrected chi connectivity index (χ0v) is 20.7. The highest BCUT2D eigenvalue weighted by Gasteiger charge is 2.21. The van der Waals surface area contributed by atoms with E-state index in [1.165, 1.54) is 19.2 Å². The maximum absolute atomic E-state index is 13.1. The molecule has 0 saturated carbocycles. The Bertz CT molecular complexity index is 1710. The number of rotatable bonds is 7. The lowest BCUT2D eigenvalue weighted by molar-refractivity contribution is -0.115. The summed E-state index contributed by atoms with van der Waals surface area (Å²) in [6.45, 7) is 0. The molecule has 0 unspecified atom stereocenters. The molecule has 36 heavy (non-hydrogen) atoms. The van der Waals surface area contributed by atoms with Gasteiger partial charge in [-0.2, -0.15) is 0 Å². The van der Waals surface area contributed by atoms with Gasteiger partial charge in [-0.15, -0.1) is 0 Å². The van der Waals surface area contributed by atoms with E-state index >= 15 is 0 Å². The average molecular weight is 521 g/mol. The molecule has 0 saturated heterocycles. The van der Waals surface area contributed by atoms with Gasteiger partial charge in [0, 0.05) is 16.6 Å². The predicted molar refractivity (Wildman–Crippen MR) is 141 cm³/mol. The van der Waals surface area contributed by atoms with Crippen LogP contribution in [0.25, 0.3) is 21.7 Å². The van der Waals surface area contributed by atoms with Crippen LogP contribution in [0.3, 0.4) is 0 Å². The van der Waals surface area contributed by atoms with Crippen molar-refractivity contribution in [2.45, 2.75) is 11.3 Å². The lowest BCUT2D eigenvalue weighted by Crippen LogP contribution is -2.17. The fraction of sp³-hybridized carbons (Fsp3) is 0.0741. The quantitative estimate of drug-likeness (QED) is 0.265. The SMILES string of the molecule is COc1ccccc1NS(=O)(=O)c1cc(NC(=O)Cc2coc3ccc4ccccc4c23)ccc1Cl. The van der Waals surface area contributed by atoms with E-state index < -0.39 is 10.0 Å². The Kier molecular flexibility index (Phi) is 6.30. The van der Waals surface area contributed by atoms with Crippen molar-refractivity contribution in [1.29, 1.82) is 0 Å². The number of nitrogens with one attached hydrogen (secondary N) is 2. The number of hydrogen-bond donors (Lipinski definition) is 2. The number of hydrogen-bond acceptors (Lipinski definition) is 5. The van der Waals surface area contributed by atoms with Crippen LogP contribution in [0.2, 0.25) is 5.02 Å². The maximum atomic E-state index is 13.1. The molecule has 0 aliphatic carbocycles. The second-order valence-corrected chi connectivity index (χ2v) is 10.2. The summed E-state index contributed by atoms with van der Waals surface area (Å²) in [4.78, 5) is 12.7. The molecular formula is C27H21ClN2O5S. The fourth-order valence-corrected chi connectivity index (χ4v) is 5.70. The summed E-state index contributed by atoms with van der Waals surface area (Å²) in [6, 6.07) is 22.6. The maximum Gasteiger partial charge on any atom is 0.263 e. The molecular weight excluding hydrogens is 500 g/mol. The Morgan fingerprint density at radius 3 is 2.61 bits per heavy atom. The van der Waals surface area contributed by atoms with Crippen LogP contribution < -0.4 is 14.8 Å². The average Bonchev–Trinajstić information content (AvgIpc) is 3.28. The van der Waals surface area contributed by atoms with Crippen molar-refractivity contribution >= 4 is 60.6 Å². The molecule has 0 fully saturated rings. The van der Waals surface area contributed by atoms with Gasteiger partial charge in [0.25, 0.3) is 10.0 Å².